The van der Waals surface area contributed by atoms with Crippen molar-refractivity contribution >= 4 is 11.5 Å². The number of nitrogens with two attached hydrogens (primary N) is 1. The van der Waals surface area contributed by atoms with E-state index in [4.69, 9.17) is 5.73 Å². The van der Waals surface area contributed by atoms with Crippen molar-refractivity contribution in [3.8, 4) is 0 Å². The lowest BCUT2D eigenvalue weighted by Crippen LogP contribution is -3.00. The Morgan fingerprint density at radius 3 is 2.12 bits per heavy atom. The SMILES string of the molecule is Cc1ccc(N=C(N)c2ccccc2)cc1.[I-]. The van der Waals surface area contributed by atoms with Gasteiger partial charge >= 0.3 is 0 Å². The predicted molar refractivity (Wildman–Crippen MR) is 68.0 cm³/mol. The number of amidine groups is 1. The van der Waals surface area contributed by atoms with E-state index in [0.717, 1.165) is 11.3 Å². The van der Waals surface area contributed by atoms with Crippen LogP contribution >= 0.6 is 0 Å². The van der Waals surface area contributed by atoms with Crippen LogP contribution in [-0.2, 0) is 0 Å². The molecule has 0 radical (unpaired) electrons. The minimum Gasteiger partial charge on any atom is -1.00 e. The summed E-state index contributed by atoms with van der Waals surface area (Å²) in [5.41, 5.74) is 8.96. The van der Waals surface area contributed by atoms with E-state index < -0.39 is 0 Å². The van der Waals surface area contributed by atoms with Gasteiger partial charge in [0.1, 0.15) is 5.84 Å². The molecule has 0 atom stereocenters. The quantitative estimate of drug-likeness (QED) is 0.469. The summed E-state index contributed by atoms with van der Waals surface area (Å²) in [6.45, 7) is 2.05. The minimum atomic E-state index is 0. The average Bonchev–Trinajstić information content (AvgIpc) is 2.33. The van der Waals surface area contributed by atoms with Crippen LogP contribution in [-0.4, -0.2) is 5.84 Å². The highest BCUT2D eigenvalue weighted by molar-refractivity contribution is 5.98. The van der Waals surface area contributed by atoms with Crippen LogP contribution in [0.2, 0.25) is 0 Å². The molecule has 0 amide bonds. The van der Waals surface area contributed by atoms with E-state index >= 15 is 0 Å². The number of rotatable bonds is 2. The summed E-state index contributed by atoms with van der Waals surface area (Å²) in [7, 11) is 0. The van der Waals surface area contributed by atoms with Gasteiger partial charge in [0.15, 0.2) is 0 Å². The molecule has 0 saturated carbocycles. The van der Waals surface area contributed by atoms with E-state index in [1.807, 2.05) is 61.5 Å². The standard InChI is InChI=1S/C14H14N2.HI/c1-11-7-9-13(10-8-11)16-14(15)12-5-3-2-4-6-12;/h2-10H,1H3,(H2,15,16);1H/p-1. The molecule has 2 N–H and O–H groups in total. The fourth-order valence-corrected chi connectivity index (χ4v) is 1.43. The molecule has 0 unspecified atom stereocenters. The molecular formula is C14H14IN2-. The van der Waals surface area contributed by atoms with E-state index in [9.17, 15) is 0 Å². The number of aryl methyl sites for hydroxylation is 1. The van der Waals surface area contributed by atoms with Crippen LogP contribution < -0.4 is 29.7 Å². The van der Waals surface area contributed by atoms with Crippen LogP contribution in [0.1, 0.15) is 11.1 Å². The number of benzene rings is 2. The lowest BCUT2D eigenvalue weighted by Gasteiger charge is -2.00. The lowest BCUT2D eigenvalue weighted by molar-refractivity contribution is -0.00000344. The Kier molecular flexibility index (Phi) is 5.15. The largest absolute Gasteiger partial charge is 1.00 e. The van der Waals surface area contributed by atoms with Gasteiger partial charge in [-0.3, -0.25) is 0 Å². The summed E-state index contributed by atoms with van der Waals surface area (Å²) in [6.07, 6.45) is 0. The van der Waals surface area contributed by atoms with E-state index in [0.29, 0.717) is 5.84 Å². The molecule has 17 heavy (non-hydrogen) atoms. The van der Waals surface area contributed by atoms with Crippen molar-refractivity contribution in [3.05, 3.63) is 65.7 Å². The lowest BCUT2D eigenvalue weighted by atomic mass is 10.2. The molecule has 2 aromatic carbocycles. The second-order valence-electron chi connectivity index (χ2n) is 3.70. The molecule has 3 heteroatoms. The molecular weight excluding hydrogens is 323 g/mol. The fraction of sp³-hybridized carbons (Fsp3) is 0.0714. The van der Waals surface area contributed by atoms with Gasteiger partial charge in [0.2, 0.25) is 0 Å². The normalized spacial score (nSPS) is 10.8. The first-order valence-electron chi connectivity index (χ1n) is 5.22. The number of nitrogens with zero attached hydrogens (tertiary/aromatic N) is 1. The number of halogens is 1. The Morgan fingerprint density at radius 1 is 0.941 bits per heavy atom. The Morgan fingerprint density at radius 2 is 1.53 bits per heavy atom. The second kappa shape index (κ2) is 6.39. The number of aliphatic imine (C=N–C) groups is 1. The van der Waals surface area contributed by atoms with Gasteiger partial charge in [0, 0.05) is 5.56 Å². The zero-order valence-corrected chi connectivity index (χ0v) is 11.8. The predicted octanol–water partition coefficient (Wildman–Crippen LogP) is 0.0360. The van der Waals surface area contributed by atoms with Gasteiger partial charge in [-0.15, -0.1) is 0 Å². The molecule has 0 saturated heterocycles. The van der Waals surface area contributed by atoms with Crippen molar-refractivity contribution in [2.75, 3.05) is 0 Å². The van der Waals surface area contributed by atoms with Crippen LogP contribution in [0.15, 0.2) is 59.6 Å². The maximum atomic E-state index is 5.92. The molecule has 0 fully saturated rings. The third-order valence-electron chi connectivity index (χ3n) is 2.35. The Balaban J connectivity index is 0.00000144. The number of hydrogen-bond donors (Lipinski definition) is 1. The van der Waals surface area contributed by atoms with Gasteiger partial charge in [0.05, 0.1) is 5.69 Å². The van der Waals surface area contributed by atoms with Crippen molar-refractivity contribution in [1.82, 2.24) is 0 Å². The molecule has 0 heterocycles. The van der Waals surface area contributed by atoms with Crippen LogP contribution in [0.5, 0.6) is 0 Å². The van der Waals surface area contributed by atoms with E-state index in [2.05, 4.69) is 4.99 Å². The Hall–Kier alpha value is -1.36. The summed E-state index contributed by atoms with van der Waals surface area (Å²) in [5.74, 6) is 0.546. The molecule has 0 aromatic heterocycles. The summed E-state index contributed by atoms with van der Waals surface area (Å²) >= 11 is 0. The Bertz CT molecular complexity index is 489. The van der Waals surface area contributed by atoms with Crippen LogP contribution in [0, 0.1) is 6.92 Å². The molecule has 2 rings (SSSR count). The van der Waals surface area contributed by atoms with Crippen molar-refractivity contribution in [3.63, 3.8) is 0 Å². The molecule has 0 aliphatic rings. The minimum absolute atomic E-state index is 0. The molecule has 0 aliphatic heterocycles. The maximum Gasteiger partial charge on any atom is 0.131 e. The topological polar surface area (TPSA) is 38.4 Å². The van der Waals surface area contributed by atoms with Gasteiger partial charge in [-0.25, -0.2) is 4.99 Å². The summed E-state index contributed by atoms with van der Waals surface area (Å²) in [4.78, 5) is 4.36. The smallest absolute Gasteiger partial charge is 0.131 e. The third-order valence-corrected chi connectivity index (χ3v) is 2.35. The molecule has 88 valence electrons. The average molecular weight is 337 g/mol. The first kappa shape index (κ1) is 13.7. The monoisotopic (exact) mass is 337 g/mol. The van der Waals surface area contributed by atoms with Crippen molar-refractivity contribution in [2.24, 2.45) is 10.7 Å². The molecule has 2 nitrogen and oxygen atoms in total. The highest BCUT2D eigenvalue weighted by atomic mass is 127. The fourth-order valence-electron chi connectivity index (χ4n) is 1.43. The van der Waals surface area contributed by atoms with Gasteiger partial charge in [0.25, 0.3) is 0 Å². The second-order valence-corrected chi connectivity index (χ2v) is 3.70. The zero-order chi connectivity index (χ0) is 11.4. The zero-order valence-electron chi connectivity index (χ0n) is 9.60. The van der Waals surface area contributed by atoms with E-state index in [1.54, 1.807) is 0 Å². The van der Waals surface area contributed by atoms with Gasteiger partial charge in [-0.05, 0) is 19.1 Å². The Labute approximate surface area is 119 Å². The van der Waals surface area contributed by atoms with Gasteiger partial charge in [-0.2, -0.15) is 0 Å². The number of hydrogen-bond acceptors (Lipinski definition) is 1. The van der Waals surface area contributed by atoms with Gasteiger partial charge < -0.3 is 29.7 Å². The summed E-state index contributed by atoms with van der Waals surface area (Å²) in [6, 6.07) is 17.7. The van der Waals surface area contributed by atoms with Crippen molar-refractivity contribution < 1.29 is 24.0 Å². The molecule has 0 bridgehead atoms. The molecule has 0 spiro atoms. The van der Waals surface area contributed by atoms with Crippen LogP contribution in [0.4, 0.5) is 5.69 Å². The first-order chi connectivity index (χ1) is 7.75. The molecule has 2 aromatic rings. The van der Waals surface area contributed by atoms with E-state index in [-0.39, 0.29) is 24.0 Å². The molecule has 0 aliphatic carbocycles. The van der Waals surface area contributed by atoms with Gasteiger partial charge in [-0.1, -0.05) is 48.0 Å². The summed E-state index contributed by atoms with van der Waals surface area (Å²) < 4.78 is 0. The maximum absolute atomic E-state index is 5.92. The summed E-state index contributed by atoms with van der Waals surface area (Å²) in [5, 5.41) is 0. The highest BCUT2D eigenvalue weighted by Gasteiger charge is 1.96. The van der Waals surface area contributed by atoms with Crippen LogP contribution in [0.3, 0.4) is 0 Å². The van der Waals surface area contributed by atoms with Crippen molar-refractivity contribution in [1.29, 1.82) is 0 Å². The highest BCUT2D eigenvalue weighted by Crippen LogP contribution is 2.13. The first-order valence-corrected chi connectivity index (χ1v) is 5.22. The van der Waals surface area contributed by atoms with Crippen LogP contribution in [0.25, 0.3) is 0 Å². The van der Waals surface area contributed by atoms with Crippen molar-refractivity contribution in [2.45, 2.75) is 6.92 Å². The van der Waals surface area contributed by atoms with E-state index in [1.165, 1.54) is 5.56 Å². The third kappa shape index (κ3) is 3.85.